The van der Waals surface area contributed by atoms with Crippen molar-refractivity contribution in [2.75, 3.05) is 31.7 Å². The van der Waals surface area contributed by atoms with Crippen LogP contribution < -0.4 is 5.32 Å². The molecular formula is C11H21NO2S. The summed E-state index contributed by atoms with van der Waals surface area (Å²) >= 11 is 2.06. The van der Waals surface area contributed by atoms with Gasteiger partial charge in [0.25, 0.3) is 0 Å². The molecule has 0 bridgehead atoms. The molecule has 0 saturated carbocycles. The normalized spacial score (nSPS) is 17.7. The third-order valence-corrected chi connectivity index (χ3v) is 3.78. The zero-order chi connectivity index (χ0) is 10.9. The average Bonchev–Trinajstić information content (AvgIpc) is 2.29. The fraction of sp³-hybridized carbons (Fsp3) is 0.909. The van der Waals surface area contributed by atoms with Crippen LogP contribution in [0.2, 0.25) is 0 Å². The van der Waals surface area contributed by atoms with Gasteiger partial charge in [0.1, 0.15) is 0 Å². The lowest BCUT2D eigenvalue weighted by Gasteiger charge is -2.21. The van der Waals surface area contributed by atoms with Crippen molar-refractivity contribution in [2.24, 2.45) is 5.92 Å². The van der Waals surface area contributed by atoms with Crippen LogP contribution in [0.25, 0.3) is 0 Å². The van der Waals surface area contributed by atoms with Gasteiger partial charge in [-0.1, -0.05) is 0 Å². The lowest BCUT2D eigenvalue weighted by Crippen LogP contribution is -2.26. The highest BCUT2D eigenvalue weighted by molar-refractivity contribution is 7.99. The van der Waals surface area contributed by atoms with Gasteiger partial charge in [0.05, 0.1) is 7.11 Å². The lowest BCUT2D eigenvalue weighted by atomic mass is 10.0. The Balaban J connectivity index is 1.89. The van der Waals surface area contributed by atoms with Crippen LogP contribution in [0.3, 0.4) is 0 Å². The molecule has 88 valence electrons. The SMILES string of the molecule is COC(=O)CCCNCC1CCSCC1. The summed E-state index contributed by atoms with van der Waals surface area (Å²) < 4.78 is 4.58. The minimum absolute atomic E-state index is 0.106. The quantitative estimate of drug-likeness (QED) is 0.557. The Morgan fingerprint density at radius 2 is 2.20 bits per heavy atom. The van der Waals surface area contributed by atoms with Gasteiger partial charge >= 0.3 is 5.97 Å². The minimum atomic E-state index is -0.106. The summed E-state index contributed by atoms with van der Waals surface area (Å²) in [5.74, 6) is 3.37. The van der Waals surface area contributed by atoms with E-state index in [1.54, 1.807) is 0 Å². The number of nitrogens with one attached hydrogen (secondary N) is 1. The highest BCUT2D eigenvalue weighted by Gasteiger charge is 2.12. The standard InChI is InChI=1S/C11H21NO2S/c1-14-11(13)3-2-6-12-9-10-4-7-15-8-5-10/h10,12H,2-9H2,1H3. The van der Waals surface area contributed by atoms with E-state index in [0.29, 0.717) is 6.42 Å². The smallest absolute Gasteiger partial charge is 0.305 e. The van der Waals surface area contributed by atoms with E-state index in [1.807, 2.05) is 0 Å². The molecule has 0 spiro atoms. The monoisotopic (exact) mass is 231 g/mol. The molecule has 1 N–H and O–H groups in total. The molecule has 1 heterocycles. The molecule has 0 aromatic carbocycles. The maximum Gasteiger partial charge on any atom is 0.305 e. The van der Waals surface area contributed by atoms with Gasteiger partial charge in [0.15, 0.2) is 0 Å². The number of thioether (sulfide) groups is 1. The van der Waals surface area contributed by atoms with Crippen LogP contribution in [0.1, 0.15) is 25.7 Å². The van der Waals surface area contributed by atoms with Gasteiger partial charge in [-0.25, -0.2) is 0 Å². The van der Waals surface area contributed by atoms with Crippen LogP contribution in [-0.2, 0) is 9.53 Å². The lowest BCUT2D eigenvalue weighted by molar-refractivity contribution is -0.140. The topological polar surface area (TPSA) is 38.3 Å². The molecule has 0 aliphatic carbocycles. The Morgan fingerprint density at radius 1 is 1.47 bits per heavy atom. The number of ether oxygens (including phenoxy) is 1. The Morgan fingerprint density at radius 3 is 2.87 bits per heavy atom. The third kappa shape index (κ3) is 6.05. The van der Waals surface area contributed by atoms with Crippen LogP contribution in [0, 0.1) is 5.92 Å². The van der Waals surface area contributed by atoms with E-state index in [-0.39, 0.29) is 5.97 Å². The van der Waals surface area contributed by atoms with Crippen molar-refractivity contribution in [3.8, 4) is 0 Å². The van der Waals surface area contributed by atoms with Crippen molar-refractivity contribution in [3.63, 3.8) is 0 Å². The van der Waals surface area contributed by atoms with Gasteiger partial charge in [0, 0.05) is 6.42 Å². The molecule has 1 fully saturated rings. The van der Waals surface area contributed by atoms with Gasteiger partial charge < -0.3 is 10.1 Å². The molecule has 4 heteroatoms. The second-order valence-electron chi connectivity index (χ2n) is 3.94. The molecule has 1 aliphatic heterocycles. The van der Waals surface area contributed by atoms with Gasteiger partial charge in [-0.15, -0.1) is 0 Å². The zero-order valence-electron chi connectivity index (χ0n) is 9.46. The van der Waals surface area contributed by atoms with Gasteiger partial charge in [-0.3, -0.25) is 4.79 Å². The fourth-order valence-electron chi connectivity index (χ4n) is 1.72. The number of carbonyl (C=O) groups is 1. The summed E-state index contributed by atoms with van der Waals surface area (Å²) in [6.45, 7) is 2.04. The second kappa shape index (κ2) is 7.99. The Bertz CT molecular complexity index is 181. The second-order valence-corrected chi connectivity index (χ2v) is 5.16. The molecule has 0 aromatic rings. The summed E-state index contributed by atoms with van der Waals surface area (Å²) in [6, 6.07) is 0. The van der Waals surface area contributed by atoms with E-state index in [1.165, 1.54) is 31.5 Å². The average molecular weight is 231 g/mol. The first-order valence-electron chi connectivity index (χ1n) is 5.68. The molecule has 0 radical (unpaired) electrons. The van der Waals surface area contributed by atoms with Crippen LogP contribution in [-0.4, -0.2) is 37.7 Å². The van der Waals surface area contributed by atoms with Gasteiger partial charge in [-0.2, -0.15) is 11.8 Å². The van der Waals surface area contributed by atoms with Gasteiger partial charge in [-0.05, 0) is 49.8 Å². The zero-order valence-corrected chi connectivity index (χ0v) is 10.3. The van der Waals surface area contributed by atoms with Gasteiger partial charge in [0.2, 0.25) is 0 Å². The highest BCUT2D eigenvalue weighted by atomic mass is 32.2. The van der Waals surface area contributed by atoms with E-state index in [4.69, 9.17) is 0 Å². The molecule has 3 nitrogen and oxygen atoms in total. The van der Waals surface area contributed by atoms with Crippen molar-refractivity contribution < 1.29 is 9.53 Å². The van der Waals surface area contributed by atoms with Crippen LogP contribution in [0.4, 0.5) is 0 Å². The van der Waals surface area contributed by atoms with E-state index in [0.717, 1.165) is 25.4 Å². The molecule has 0 atom stereocenters. The number of methoxy groups -OCH3 is 1. The van der Waals surface area contributed by atoms with Crippen molar-refractivity contribution in [2.45, 2.75) is 25.7 Å². The van der Waals surface area contributed by atoms with Crippen molar-refractivity contribution in [1.29, 1.82) is 0 Å². The number of rotatable bonds is 6. The van der Waals surface area contributed by atoms with Crippen molar-refractivity contribution in [1.82, 2.24) is 5.32 Å². The summed E-state index contributed by atoms with van der Waals surface area (Å²) in [7, 11) is 1.44. The largest absolute Gasteiger partial charge is 0.469 e. The third-order valence-electron chi connectivity index (χ3n) is 2.74. The predicted octanol–water partition coefficient (Wildman–Crippen LogP) is 1.67. The first-order valence-corrected chi connectivity index (χ1v) is 6.83. The van der Waals surface area contributed by atoms with Crippen LogP contribution in [0.5, 0.6) is 0 Å². The number of hydrogen-bond acceptors (Lipinski definition) is 4. The molecule has 1 aliphatic rings. The minimum Gasteiger partial charge on any atom is -0.469 e. The first-order chi connectivity index (χ1) is 7.33. The molecule has 0 unspecified atom stereocenters. The van der Waals surface area contributed by atoms with E-state index >= 15 is 0 Å². The van der Waals surface area contributed by atoms with E-state index in [2.05, 4.69) is 21.8 Å². The molecule has 0 aromatic heterocycles. The maximum absolute atomic E-state index is 10.8. The highest BCUT2D eigenvalue weighted by Crippen LogP contribution is 2.21. The fourth-order valence-corrected chi connectivity index (χ4v) is 2.92. The Hall–Kier alpha value is -0.220. The van der Waals surface area contributed by atoms with Crippen LogP contribution >= 0.6 is 11.8 Å². The first kappa shape index (κ1) is 12.8. The molecule has 1 rings (SSSR count). The van der Waals surface area contributed by atoms with E-state index in [9.17, 15) is 4.79 Å². The summed E-state index contributed by atoms with van der Waals surface area (Å²) in [4.78, 5) is 10.8. The molecular weight excluding hydrogens is 210 g/mol. The van der Waals surface area contributed by atoms with Crippen molar-refractivity contribution in [3.05, 3.63) is 0 Å². The number of carbonyl (C=O) groups excluding carboxylic acids is 1. The van der Waals surface area contributed by atoms with Crippen LogP contribution in [0.15, 0.2) is 0 Å². The predicted molar refractivity (Wildman–Crippen MR) is 64.2 cm³/mol. The van der Waals surface area contributed by atoms with Crippen molar-refractivity contribution >= 4 is 17.7 Å². The maximum atomic E-state index is 10.8. The summed E-state index contributed by atoms with van der Waals surface area (Å²) in [6.07, 6.45) is 4.10. The Kier molecular flexibility index (Phi) is 6.85. The summed E-state index contributed by atoms with van der Waals surface area (Å²) in [5.41, 5.74) is 0. The molecule has 1 saturated heterocycles. The number of esters is 1. The Labute approximate surface area is 96.3 Å². The molecule has 15 heavy (non-hydrogen) atoms. The molecule has 0 amide bonds. The van der Waals surface area contributed by atoms with E-state index < -0.39 is 0 Å². The summed E-state index contributed by atoms with van der Waals surface area (Å²) in [5, 5.41) is 3.42. The number of hydrogen-bond donors (Lipinski definition) is 1.